The van der Waals surface area contributed by atoms with Gasteiger partial charge in [0.1, 0.15) is 0 Å². The number of aryl methyl sites for hydroxylation is 1. The zero-order valence-electron chi connectivity index (χ0n) is 13.3. The number of benzene rings is 2. The van der Waals surface area contributed by atoms with Crippen molar-refractivity contribution in [3.8, 4) is 11.3 Å². The molecular formula is C19H19N3S. The van der Waals surface area contributed by atoms with Gasteiger partial charge in [0.15, 0.2) is 4.96 Å². The molecule has 0 aliphatic rings. The molecule has 0 spiro atoms. The molecule has 4 rings (SSSR count). The number of thiazole rings is 1. The van der Waals surface area contributed by atoms with Crippen molar-refractivity contribution in [2.24, 2.45) is 5.73 Å². The fraction of sp³-hybridized carbons (Fsp3) is 0.211. The molecule has 2 aromatic heterocycles. The predicted octanol–water partition coefficient (Wildman–Crippen LogP) is 4.80. The van der Waals surface area contributed by atoms with E-state index in [4.69, 9.17) is 10.7 Å². The molecule has 4 heteroatoms. The first-order valence-electron chi connectivity index (χ1n) is 7.94. The molecule has 0 saturated heterocycles. The van der Waals surface area contributed by atoms with E-state index in [0.29, 0.717) is 0 Å². The lowest BCUT2D eigenvalue weighted by Crippen LogP contribution is -2.04. The summed E-state index contributed by atoms with van der Waals surface area (Å²) in [6.07, 6.45) is 0.951. The molecule has 0 radical (unpaired) electrons. The van der Waals surface area contributed by atoms with Gasteiger partial charge in [-0.25, -0.2) is 4.98 Å². The molecule has 0 amide bonds. The highest BCUT2D eigenvalue weighted by Gasteiger charge is 2.16. The molecule has 1 atom stereocenters. The topological polar surface area (TPSA) is 43.3 Å². The third kappa shape index (κ3) is 2.26. The van der Waals surface area contributed by atoms with Crippen LogP contribution in [0.2, 0.25) is 0 Å². The van der Waals surface area contributed by atoms with Gasteiger partial charge in [-0.2, -0.15) is 0 Å². The van der Waals surface area contributed by atoms with Crippen molar-refractivity contribution in [1.29, 1.82) is 0 Å². The molecule has 0 saturated carbocycles. The summed E-state index contributed by atoms with van der Waals surface area (Å²) in [7, 11) is 0. The van der Waals surface area contributed by atoms with E-state index in [9.17, 15) is 0 Å². The molecule has 0 fully saturated rings. The van der Waals surface area contributed by atoms with E-state index >= 15 is 0 Å². The second kappa shape index (κ2) is 5.48. The maximum atomic E-state index is 5.95. The summed E-state index contributed by atoms with van der Waals surface area (Å²) in [5.74, 6) is 0. The predicted molar refractivity (Wildman–Crippen MR) is 98.0 cm³/mol. The Bertz CT molecular complexity index is 977. The molecular weight excluding hydrogens is 302 g/mol. The monoisotopic (exact) mass is 321 g/mol. The van der Waals surface area contributed by atoms with Crippen molar-refractivity contribution in [2.45, 2.75) is 26.3 Å². The second-order valence-corrected chi connectivity index (χ2v) is 6.87. The first-order chi connectivity index (χ1) is 11.2. The van der Waals surface area contributed by atoms with Gasteiger partial charge in [-0.15, -0.1) is 0 Å². The van der Waals surface area contributed by atoms with Crippen LogP contribution >= 0.6 is 11.3 Å². The summed E-state index contributed by atoms with van der Waals surface area (Å²) in [4.78, 5) is 5.98. The number of hydrogen-bond donors (Lipinski definition) is 1. The third-order valence-corrected chi connectivity index (χ3v) is 5.32. The Morgan fingerprint density at radius 2 is 1.87 bits per heavy atom. The van der Waals surface area contributed by atoms with Crippen LogP contribution in [0.15, 0.2) is 48.5 Å². The van der Waals surface area contributed by atoms with Gasteiger partial charge in [-0.05, 0) is 31.0 Å². The van der Waals surface area contributed by atoms with E-state index in [1.54, 1.807) is 11.3 Å². The quantitative estimate of drug-likeness (QED) is 0.589. The van der Waals surface area contributed by atoms with Gasteiger partial charge in [-0.3, -0.25) is 4.40 Å². The minimum absolute atomic E-state index is 0.0594. The number of nitrogens with zero attached hydrogens (tertiary/aromatic N) is 2. The van der Waals surface area contributed by atoms with Crippen LogP contribution in [-0.4, -0.2) is 9.38 Å². The molecule has 0 aliphatic heterocycles. The number of imidazole rings is 1. The van der Waals surface area contributed by atoms with E-state index < -0.39 is 0 Å². The normalized spacial score (nSPS) is 13.0. The molecule has 1 unspecified atom stereocenters. The van der Waals surface area contributed by atoms with Gasteiger partial charge >= 0.3 is 0 Å². The Labute approximate surface area is 139 Å². The Kier molecular flexibility index (Phi) is 3.43. The van der Waals surface area contributed by atoms with Crippen molar-refractivity contribution < 1.29 is 0 Å². The first-order valence-corrected chi connectivity index (χ1v) is 8.75. The Hall–Kier alpha value is -2.17. The zero-order chi connectivity index (χ0) is 16.0. The van der Waals surface area contributed by atoms with Crippen LogP contribution in [0.5, 0.6) is 0 Å². The molecule has 0 aliphatic carbocycles. The molecule has 2 heterocycles. The van der Waals surface area contributed by atoms with E-state index in [2.05, 4.69) is 59.9 Å². The van der Waals surface area contributed by atoms with Crippen molar-refractivity contribution >= 4 is 26.5 Å². The summed E-state index contributed by atoms with van der Waals surface area (Å²) in [6, 6.07) is 17.0. The van der Waals surface area contributed by atoms with E-state index in [-0.39, 0.29) is 6.04 Å². The maximum absolute atomic E-state index is 5.95. The van der Waals surface area contributed by atoms with Crippen molar-refractivity contribution in [2.75, 3.05) is 0 Å². The smallest absolute Gasteiger partial charge is 0.195 e. The lowest BCUT2D eigenvalue weighted by Gasteiger charge is -2.07. The molecule has 4 aromatic rings. The van der Waals surface area contributed by atoms with Crippen LogP contribution in [0.1, 0.15) is 31.1 Å². The second-order valence-electron chi connectivity index (χ2n) is 5.86. The SMILES string of the molecule is CCc1c(-c2ccc(C(C)N)cc2)nc2sc3ccccc3n12. The van der Waals surface area contributed by atoms with Crippen molar-refractivity contribution in [3.63, 3.8) is 0 Å². The number of hydrogen-bond acceptors (Lipinski definition) is 3. The standard InChI is InChI=1S/C19H19N3S/c1-3-15-18(14-10-8-13(9-11-14)12(2)20)21-19-22(15)16-6-4-5-7-17(16)23-19/h4-12H,3,20H2,1-2H3. The van der Waals surface area contributed by atoms with Gasteiger partial charge in [0, 0.05) is 11.6 Å². The van der Waals surface area contributed by atoms with Crippen LogP contribution in [0.3, 0.4) is 0 Å². The molecule has 0 bridgehead atoms. The number of rotatable bonds is 3. The fourth-order valence-corrected chi connectivity index (χ4v) is 4.12. The van der Waals surface area contributed by atoms with Gasteiger partial charge in [0.25, 0.3) is 0 Å². The highest BCUT2D eigenvalue weighted by atomic mass is 32.1. The number of para-hydroxylation sites is 1. The Morgan fingerprint density at radius 1 is 1.13 bits per heavy atom. The van der Waals surface area contributed by atoms with Gasteiger partial charge in [0.2, 0.25) is 0 Å². The van der Waals surface area contributed by atoms with Crippen LogP contribution in [0, 0.1) is 0 Å². The molecule has 3 nitrogen and oxygen atoms in total. The highest BCUT2D eigenvalue weighted by Crippen LogP contribution is 2.33. The number of fused-ring (bicyclic) bond motifs is 3. The van der Waals surface area contributed by atoms with Gasteiger partial charge < -0.3 is 5.73 Å². The molecule has 23 heavy (non-hydrogen) atoms. The number of nitrogens with two attached hydrogens (primary N) is 1. The lowest BCUT2D eigenvalue weighted by atomic mass is 10.0. The average molecular weight is 321 g/mol. The van der Waals surface area contributed by atoms with Crippen LogP contribution < -0.4 is 5.73 Å². The highest BCUT2D eigenvalue weighted by molar-refractivity contribution is 7.23. The van der Waals surface area contributed by atoms with Crippen LogP contribution in [0.25, 0.3) is 26.4 Å². The third-order valence-electron chi connectivity index (χ3n) is 4.29. The molecule has 2 N–H and O–H groups in total. The molecule has 116 valence electrons. The number of aromatic nitrogens is 2. The Morgan fingerprint density at radius 3 is 2.57 bits per heavy atom. The van der Waals surface area contributed by atoms with Gasteiger partial charge in [0.05, 0.1) is 21.6 Å². The largest absolute Gasteiger partial charge is 0.324 e. The minimum atomic E-state index is 0.0594. The summed E-state index contributed by atoms with van der Waals surface area (Å²) >= 11 is 1.75. The molecule has 2 aromatic carbocycles. The maximum Gasteiger partial charge on any atom is 0.195 e. The van der Waals surface area contributed by atoms with Gasteiger partial charge in [-0.1, -0.05) is 54.7 Å². The zero-order valence-corrected chi connectivity index (χ0v) is 14.1. The minimum Gasteiger partial charge on any atom is -0.324 e. The van der Waals surface area contributed by atoms with Crippen LogP contribution in [0.4, 0.5) is 0 Å². The first kappa shape index (κ1) is 14.4. The van der Waals surface area contributed by atoms with E-state index in [0.717, 1.165) is 28.2 Å². The average Bonchev–Trinajstić information content (AvgIpc) is 3.10. The van der Waals surface area contributed by atoms with Crippen molar-refractivity contribution in [3.05, 3.63) is 59.8 Å². The van der Waals surface area contributed by atoms with Crippen molar-refractivity contribution in [1.82, 2.24) is 9.38 Å². The summed E-state index contributed by atoms with van der Waals surface area (Å²) < 4.78 is 3.58. The fourth-order valence-electron chi connectivity index (χ4n) is 3.08. The summed E-state index contributed by atoms with van der Waals surface area (Å²) in [6.45, 7) is 4.20. The Balaban J connectivity index is 1.93. The van der Waals surface area contributed by atoms with E-state index in [1.807, 2.05) is 6.92 Å². The lowest BCUT2D eigenvalue weighted by molar-refractivity contribution is 0.818. The summed E-state index contributed by atoms with van der Waals surface area (Å²) in [5.41, 5.74) is 11.9. The summed E-state index contributed by atoms with van der Waals surface area (Å²) in [5, 5.41) is 0. The van der Waals surface area contributed by atoms with Crippen LogP contribution in [-0.2, 0) is 6.42 Å². The van der Waals surface area contributed by atoms with E-state index in [1.165, 1.54) is 15.9 Å².